The van der Waals surface area contributed by atoms with Gasteiger partial charge in [0, 0.05) is 44.8 Å². The molecule has 3 heterocycles. The summed E-state index contributed by atoms with van der Waals surface area (Å²) >= 11 is 0. The van der Waals surface area contributed by atoms with E-state index in [2.05, 4.69) is 4.98 Å². The zero-order valence-corrected chi connectivity index (χ0v) is 37.8. The number of benzene rings is 10. The van der Waals surface area contributed by atoms with Crippen molar-refractivity contribution in [2.24, 2.45) is 0 Å². The zero-order chi connectivity index (χ0) is 73.0. The average molecular weight is 938 g/mol. The molecule has 3 nitrogen and oxygen atoms in total. The van der Waals surface area contributed by atoms with E-state index in [9.17, 15) is 24.7 Å². The van der Waals surface area contributed by atoms with E-state index < -0.39 is 241 Å². The Bertz CT molecular complexity index is 5880. The second kappa shape index (κ2) is 16.9. The quantitative estimate of drug-likeness (QED) is 0.118. The van der Waals surface area contributed by atoms with Crippen molar-refractivity contribution >= 4 is 54.1 Å². The van der Waals surface area contributed by atoms with Crippen LogP contribution < -0.4 is 0 Å². The van der Waals surface area contributed by atoms with Crippen LogP contribution >= 0.6 is 0 Å². The monoisotopic (exact) mass is 938 g/mol. The summed E-state index contributed by atoms with van der Waals surface area (Å²) in [7, 11) is 0. The Morgan fingerprint density at radius 1 is 0.380 bits per heavy atom. The molecule has 336 valence electrons. The molecule has 3 aromatic heterocycles. The van der Waals surface area contributed by atoms with E-state index >= 15 is 0 Å². The molecule has 13 aromatic rings. The van der Waals surface area contributed by atoms with E-state index in [1.54, 1.807) is 52.0 Å². The predicted molar refractivity (Wildman–Crippen MR) is 299 cm³/mol. The smallest absolute Gasteiger partial charge is 0.144 e. The van der Waals surface area contributed by atoms with Gasteiger partial charge in [-0.25, -0.2) is 4.98 Å². The Labute approximate surface area is 454 Å². The fourth-order valence-corrected chi connectivity index (χ4v) is 9.29. The van der Waals surface area contributed by atoms with Gasteiger partial charge in [0.05, 0.1) is 56.5 Å². The number of nitrogens with zero attached hydrogens (tertiary/aromatic N) is 2. The summed E-state index contributed by atoms with van der Waals surface area (Å²) in [6, 6.07) is -12.6. The van der Waals surface area contributed by atoms with Gasteiger partial charge in [0.1, 0.15) is 11.5 Å². The maximum atomic E-state index is 10.6. The molecular formula is C68H48N2O. The summed E-state index contributed by atoms with van der Waals surface area (Å²) in [5.41, 5.74) is -3.65. The number of furan rings is 1. The van der Waals surface area contributed by atoms with E-state index in [0.29, 0.717) is 22.3 Å². The lowest BCUT2D eigenvalue weighted by molar-refractivity contribution is 0.599. The molecule has 0 amide bonds. The first kappa shape index (κ1) is 21.8. The molecule has 0 aliphatic rings. The number of hydrogen-bond acceptors (Lipinski definition) is 3. The van der Waals surface area contributed by atoms with E-state index in [-0.39, 0.29) is 66.6 Å². The second-order valence-electron chi connectivity index (χ2n) is 16.7. The van der Waals surface area contributed by atoms with Gasteiger partial charge in [0.25, 0.3) is 0 Å². The van der Waals surface area contributed by atoms with Crippen LogP contribution in [-0.4, -0.2) is 9.97 Å². The van der Waals surface area contributed by atoms with Gasteiger partial charge < -0.3 is 4.42 Å². The fourth-order valence-electron chi connectivity index (χ4n) is 9.29. The highest BCUT2D eigenvalue weighted by atomic mass is 16.3. The third kappa shape index (κ3) is 6.88. The molecule has 3 heteroatoms. The minimum Gasteiger partial charge on any atom is -0.455 e. The lowest BCUT2D eigenvalue weighted by Gasteiger charge is -2.17. The summed E-state index contributed by atoms with van der Waals surface area (Å²) < 4.78 is 277. The van der Waals surface area contributed by atoms with E-state index in [0.717, 1.165) is 6.07 Å². The lowest BCUT2D eigenvalue weighted by atomic mass is 9.84. The Hall–Kier alpha value is -8.92. The van der Waals surface area contributed by atoms with E-state index in [1.807, 2.05) is 0 Å². The standard InChI is InChI=1S/C68H48N2O/c1-41-39-59(44(4)43(3)42(41)2)67-63(62(46-21-9-6-10-22-46)68(71-67)64-57-30-15-13-28-55(57)61(45-19-7-5-8-20-45)56-29-14-16-31-58(56)64)50-24-17-23-49(40-50)51-35-36-54(53-27-12-11-26-52(51)53)60-37-34-48-33-32-47-25-18-38-69-65(47)66(48)70-60/h5-40H,1-4H3/i5D,6D,7D,8D,9D,10D,13D,14D,15D,16D,17D,18D,19D,20D,21D,23D,24D,25D,28D,29D,30D,31D,32D,33D,34D,37D,38D,39D,40D. The Balaban J connectivity index is 1.25. The molecule has 0 N–H and O–H groups in total. The van der Waals surface area contributed by atoms with Crippen molar-refractivity contribution in [3.63, 3.8) is 0 Å². The Kier molecular flexibility index (Phi) is 5.20. The number of rotatable bonds is 7. The maximum absolute atomic E-state index is 10.6. The lowest BCUT2D eigenvalue weighted by Crippen LogP contribution is -1.95. The van der Waals surface area contributed by atoms with Crippen LogP contribution in [0.15, 0.2) is 222 Å². The number of aromatic nitrogens is 2. The molecule has 0 saturated carbocycles. The minimum absolute atomic E-state index is 0.00245. The van der Waals surface area contributed by atoms with Gasteiger partial charge in [0.15, 0.2) is 0 Å². The van der Waals surface area contributed by atoms with Crippen molar-refractivity contribution in [3.8, 4) is 78.4 Å². The molecule has 0 aliphatic heterocycles. The highest BCUT2D eigenvalue weighted by Gasteiger charge is 2.30. The molecular weight excluding hydrogens is 861 g/mol. The summed E-state index contributed by atoms with van der Waals surface area (Å²) in [6.07, 6.45) is -0.656. The Morgan fingerprint density at radius 3 is 1.72 bits per heavy atom. The van der Waals surface area contributed by atoms with Crippen molar-refractivity contribution < 1.29 is 44.2 Å². The van der Waals surface area contributed by atoms with Crippen molar-refractivity contribution in [2.75, 3.05) is 0 Å². The van der Waals surface area contributed by atoms with Crippen molar-refractivity contribution in [3.05, 3.63) is 240 Å². The molecule has 0 saturated heterocycles. The van der Waals surface area contributed by atoms with Crippen LogP contribution in [0.2, 0.25) is 0 Å². The Morgan fingerprint density at radius 2 is 0.972 bits per heavy atom. The number of fused-ring (bicyclic) bond motifs is 6. The van der Waals surface area contributed by atoms with Crippen LogP contribution in [-0.2, 0) is 0 Å². The van der Waals surface area contributed by atoms with Crippen LogP contribution in [0.5, 0.6) is 0 Å². The highest BCUT2D eigenvalue weighted by molar-refractivity contribution is 6.23. The maximum Gasteiger partial charge on any atom is 0.144 e. The number of pyridine rings is 2. The molecule has 0 aliphatic carbocycles. The first-order valence-electron chi connectivity index (χ1n) is 36.6. The van der Waals surface area contributed by atoms with Gasteiger partial charge in [-0.15, -0.1) is 0 Å². The summed E-state index contributed by atoms with van der Waals surface area (Å²) in [5.74, 6) is -1.26. The minimum atomic E-state index is -0.982. The van der Waals surface area contributed by atoms with Crippen LogP contribution in [0.25, 0.3) is 133 Å². The van der Waals surface area contributed by atoms with Crippen LogP contribution in [0.4, 0.5) is 0 Å². The van der Waals surface area contributed by atoms with Crippen molar-refractivity contribution in [2.45, 2.75) is 27.7 Å². The van der Waals surface area contributed by atoms with Crippen LogP contribution in [0, 0.1) is 27.7 Å². The van der Waals surface area contributed by atoms with Gasteiger partial charge in [0.2, 0.25) is 0 Å². The van der Waals surface area contributed by atoms with Crippen LogP contribution in [0.1, 0.15) is 62.0 Å². The van der Waals surface area contributed by atoms with Crippen molar-refractivity contribution in [1.29, 1.82) is 0 Å². The van der Waals surface area contributed by atoms with Gasteiger partial charge in [-0.3, -0.25) is 4.98 Å². The first-order chi connectivity index (χ1) is 47.0. The summed E-state index contributed by atoms with van der Waals surface area (Å²) in [5, 5.41) is -2.97. The normalized spacial score (nSPS) is 17.4. The average Bonchev–Trinajstić information content (AvgIpc) is 1.19. The summed E-state index contributed by atoms with van der Waals surface area (Å²) in [4.78, 5) is 8.93. The van der Waals surface area contributed by atoms with Gasteiger partial charge in [-0.2, -0.15) is 0 Å². The molecule has 10 aromatic carbocycles. The molecule has 0 atom stereocenters. The predicted octanol–water partition coefficient (Wildman–Crippen LogP) is 18.7. The molecule has 13 rings (SSSR count). The third-order valence-electron chi connectivity index (χ3n) is 13.0. The van der Waals surface area contributed by atoms with Gasteiger partial charge in [-0.1, -0.05) is 187 Å². The molecule has 0 unspecified atom stereocenters. The SMILES string of the molecule is [2H]c1cc(-c2c(-c3c4c([2H])c([2H])c([2H])c([2H])c4c(-c4c([2H])c([2H])c([2H])c([2H])c4[2H])c4c([2H])c([2H])c([2H])c([2H])c34)oc(-c3c([2H])c(C)c(C)c(C)c3C)c2-c2c([2H])c([2H])c([2H])c(-c3ccc(-c4nc5c(c([2H])c4[2H])c([2H])c([2H])c4c([2H])c([2H])c([2H])nc45)c4ccccc34)c2[2H])c([2H])c([2H])c1[2H]. The fraction of sp³-hybridized carbons (Fsp3) is 0.0588. The molecule has 0 fully saturated rings. The molecule has 0 spiro atoms. The molecule has 0 bridgehead atoms. The molecule has 0 radical (unpaired) electrons. The van der Waals surface area contributed by atoms with Crippen LogP contribution in [0.3, 0.4) is 0 Å². The highest BCUT2D eigenvalue weighted by Crippen LogP contribution is 2.54. The molecule has 71 heavy (non-hydrogen) atoms. The van der Waals surface area contributed by atoms with E-state index in [1.165, 1.54) is 12.1 Å². The van der Waals surface area contributed by atoms with E-state index in [4.69, 9.17) is 24.5 Å². The number of hydrogen-bond donors (Lipinski definition) is 0. The largest absolute Gasteiger partial charge is 0.455 e. The van der Waals surface area contributed by atoms with Gasteiger partial charge >= 0.3 is 0 Å². The van der Waals surface area contributed by atoms with Gasteiger partial charge in [-0.05, 0) is 140 Å². The summed E-state index contributed by atoms with van der Waals surface area (Å²) in [6.45, 7) is 6.68. The first-order valence-corrected chi connectivity index (χ1v) is 22.1. The third-order valence-corrected chi connectivity index (χ3v) is 13.0. The zero-order valence-electron chi connectivity index (χ0n) is 66.8. The second-order valence-corrected chi connectivity index (χ2v) is 16.7. The van der Waals surface area contributed by atoms with Crippen molar-refractivity contribution in [1.82, 2.24) is 9.97 Å². The topological polar surface area (TPSA) is 38.9 Å².